The third-order valence-corrected chi connectivity index (χ3v) is 15.3. The van der Waals surface area contributed by atoms with E-state index in [0.29, 0.717) is 110 Å². The summed E-state index contributed by atoms with van der Waals surface area (Å²) in [5.41, 5.74) is 9.32. The summed E-state index contributed by atoms with van der Waals surface area (Å²) in [6.07, 6.45) is 8.64. The van der Waals surface area contributed by atoms with Crippen LogP contribution in [0, 0.1) is 0 Å². The molecule has 2 fully saturated rings. The lowest BCUT2D eigenvalue weighted by Gasteiger charge is -2.31. The number of nitrogens with zero attached hydrogens (tertiary/aromatic N) is 8. The third-order valence-electron chi connectivity index (χ3n) is 15.3. The fourth-order valence-corrected chi connectivity index (χ4v) is 10.8. The van der Waals surface area contributed by atoms with Gasteiger partial charge in [-0.1, -0.05) is 48.1 Å². The molecule has 6 N–H and O–H groups in total. The number of carbonyl (C=O) groups excluding carboxylic acids is 8. The number of benzene rings is 3. The van der Waals surface area contributed by atoms with E-state index in [1.54, 1.807) is 53.7 Å². The molecular weight excluding hydrogens is 1110 g/mol. The smallest absolute Gasteiger partial charge is 0.416 e. The summed E-state index contributed by atoms with van der Waals surface area (Å²) in [4.78, 5) is 113. The Morgan fingerprint density at radius 3 is 2.15 bits per heavy atom. The van der Waals surface area contributed by atoms with E-state index in [1.165, 1.54) is 48.1 Å². The maximum absolute atomic E-state index is 14.3. The van der Waals surface area contributed by atoms with Gasteiger partial charge >= 0.3 is 12.1 Å². The van der Waals surface area contributed by atoms with Gasteiger partial charge in [-0.3, -0.25) is 38.7 Å². The number of methoxy groups -OCH3 is 2. The number of unbranched alkanes of at least 4 members (excludes halogenated alkanes) is 4. The summed E-state index contributed by atoms with van der Waals surface area (Å²) in [6.45, 7) is 9.56. The Bertz CT molecular complexity index is 3320. The van der Waals surface area contributed by atoms with Gasteiger partial charge < -0.3 is 60.3 Å². The number of hydrogen-bond donors (Lipinski definition) is 5. The van der Waals surface area contributed by atoms with Crippen molar-refractivity contribution >= 4 is 70.8 Å². The van der Waals surface area contributed by atoms with Crippen molar-refractivity contribution in [2.75, 3.05) is 63.8 Å². The van der Waals surface area contributed by atoms with E-state index in [-0.39, 0.29) is 111 Å². The normalized spacial score (nSPS) is 18.0. The lowest BCUT2D eigenvalue weighted by Crippen LogP contribution is -2.50. The van der Waals surface area contributed by atoms with Crippen LogP contribution in [-0.4, -0.2) is 161 Å². The van der Waals surface area contributed by atoms with Gasteiger partial charge in [-0.15, -0.1) is 5.10 Å². The number of hydrogen-bond acceptors (Lipinski definition) is 17. The second kappa shape index (κ2) is 27.9. The lowest BCUT2D eigenvalue weighted by molar-refractivity contribution is -0.137. The van der Waals surface area contributed by atoms with Gasteiger partial charge in [0.15, 0.2) is 29.2 Å². The molecule has 4 aromatic rings. The Labute approximate surface area is 495 Å². The topological polar surface area (TPSA) is 321 Å². The maximum atomic E-state index is 14.3. The van der Waals surface area contributed by atoms with Crippen molar-refractivity contribution in [2.45, 2.75) is 108 Å². The van der Waals surface area contributed by atoms with Crippen LogP contribution in [0.2, 0.25) is 0 Å². The van der Waals surface area contributed by atoms with Crippen LogP contribution in [0.15, 0.2) is 96.2 Å². The molecule has 6 heterocycles. The van der Waals surface area contributed by atoms with Crippen molar-refractivity contribution in [1.82, 2.24) is 40.3 Å². The molecule has 9 amide bonds. The van der Waals surface area contributed by atoms with E-state index in [1.807, 2.05) is 0 Å². The second-order valence-electron chi connectivity index (χ2n) is 21.4. The molecule has 4 atom stereocenters. The fourth-order valence-electron chi connectivity index (χ4n) is 10.8. The number of fused-ring (bicyclic) bond motifs is 4. The van der Waals surface area contributed by atoms with Gasteiger partial charge in [0, 0.05) is 68.8 Å². The SMILES string of the molecule is C=C1CC2C=Nc3cc(OCCCCCOc4cc5c(cc4OC)C(=O)N4CC(=C)C[C@H]4[C@H](O)N5C(=O)OCc4ccc(NC(=O)[C@H](CCCNC(N)=O)n5cc(CNC(=O)CCCCCN6C(=O)C=CC6=O)nn5)cc4)c(OC)cc3C(=O)N2C1. The Hall–Kier alpha value is -9.59. The molecule has 26 heteroatoms. The number of amides is 9. The van der Waals surface area contributed by atoms with Gasteiger partial charge in [-0.2, -0.15) is 0 Å². The van der Waals surface area contributed by atoms with E-state index in [0.717, 1.165) is 15.4 Å². The van der Waals surface area contributed by atoms with Crippen LogP contribution >= 0.6 is 0 Å². The number of aliphatic imine (C=N–C) groups is 1. The first-order chi connectivity index (χ1) is 41.5. The van der Waals surface area contributed by atoms with Crippen LogP contribution < -0.4 is 45.5 Å². The van der Waals surface area contributed by atoms with Gasteiger partial charge in [0.2, 0.25) is 11.8 Å². The first-order valence-corrected chi connectivity index (χ1v) is 28.5. The van der Waals surface area contributed by atoms with Crippen LogP contribution in [0.1, 0.15) is 109 Å². The van der Waals surface area contributed by atoms with E-state index in [2.05, 4.69) is 44.4 Å². The average Bonchev–Trinajstić information content (AvgIpc) is 1.89. The first-order valence-electron chi connectivity index (χ1n) is 28.5. The highest BCUT2D eigenvalue weighted by Gasteiger charge is 2.46. The zero-order valence-corrected chi connectivity index (χ0v) is 48.0. The number of aromatic nitrogens is 3. The summed E-state index contributed by atoms with van der Waals surface area (Å²) < 4.78 is 30.9. The molecule has 454 valence electrons. The molecule has 26 nitrogen and oxygen atoms in total. The number of anilines is 2. The molecule has 0 spiro atoms. The Balaban J connectivity index is 0.789. The van der Waals surface area contributed by atoms with Crippen molar-refractivity contribution in [3.05, 3.63) is 114 Å². The molecule has 5 aliphatic rings. The van der Waals surface area contributed by atoms with Gasteiger partial charge in [-0.05, 0) is 87.6 Å². The highest BCUT2D eigenvalue weighted by atomic mass is 16.6. The molecule has 86 heavy (non-hydrogen) atoms. The highest BCUT2D eigenvalue weighted by molar-refractivity contribution is 6.13. The van der Waals surface area contributed by atoms with Gasteiger partial charge in [-0.25, -0.2) is 19.2 Å². The first kappa shape index (κ1) is 61.0. The number of primary amides is 1. The minimum atomic E-state index is -1.54. The Kier molecular flexibility index (Phi) is 19.8. The Morgan fingerprint density at radius 1 is 0.779 bits per heavy atom. The van der Waals surface area contributed by atoms with Crippen molar-refractivity contribution < 1.29 is 67.1 Å². The molecule has 0 bridgehead atoms. The predicted molar refractivity (Wildman–Crippen MR) is 312 cm³/mol. The number of ether oxygens (including phenoxy) is 5. The summed E-state index contributed by atoms with van der Waals surface area (Å²) in [5.74, 6) is -0.615. The lowest BCUT2D eigenvalue weighted by atomic mass is 10.1. The molecule has 2 saturated heterocycles. The van der Waals surface area contributed by atoms with E-state index in [9.17, 15) is 43.5 Å². The second-order valence-corrected chi connectivity index (χ2v) is 21.4. The summed E-state index contributed by atoms with van der Waals surface area (Å²) >= 11 is 0. The average molecular weight is 1180 g/mol. The van der Waals surface area contributed by atoms with Crippen molar-refractivity contribution in [1.29, 1.82) is 0 Å². The molecule has 9 rings (SSSR count). The molecule has 5 aliphatic heterocycles. The van der Waals surface area contributed by atoms with Crippen LogP contribution in [0.25, 0.3) is 0 Å². The maximum Gasteiger partial charge on any atom is 0.416 e. The van der Waals surface area contributed by atoms with Gasteiger partial charge in [0.25, 0.3) is 23.6 Å². The molecule has 1 unspecified atom stereocenters. The number of rotatable bonds is 27. The van der Waals surface area contributed by atoms with Crippen molar-refractivity contribution in [3.8, 4) is 23.0 Å². The number of imide groups is 1. The van der Waals surface area contributed by atoms with Gasteiger partial charge in [0.05, 0.1) is 74.8 Å². The minimum Gasteiger partial charge on any atom is -0.493 e. The summed E-state index contributed by atoms with van der Waals surface area (Å²) in [5, 5.41) is 28.5. The third kappa shape index (κ3) is 14.5. The number of aliphatic hydroxyl groups is 1. The quantitative estimate of drug-likeness (QED) is 0.0284. The number of nitrogens with two attached hydrogens (primary N) is 1. The predicted octanol–water partition coefficient (Wildman–Crippen LogP) is 5.39. The van der Waals surface area contributed by atoms with Gasteiger partial charge in [0.1, 0.15) is 18.3 Å². The van der Waals surface area contributed by atoms with E-state index in [4.69, 9.17) is 29.4 Å². The number of urea groups is 1. The Morgan fingerprint density at radius 2 is 1.44 bits per heavy atom. The molecule has 0 radical (unpaired) electrons. The number of nitrogens with one attached hydrogen (secondary N) is 3. The zero-order valence-electron chi connectivity index (χ0n) is 48.0. The molecular formula is C60H70N12O14. The van der Waals surface area contributed by atoms with Crippen LogP contribution in [0.5, 0.6) is 23.0 Å². The molecule has 1 aromatic heterocycles. The molecule has 0 saturated carbocycles. The summed E-state index contributed by atoms with van der Waals surface area (Å²) in [6, 6.07) is 10.3. The van der Waals surface area contributed by atoms with Crippen LogP contribution in [0.3, 0.4) is 0 Å². The summed E-state index contributed by atoms with van der Waals surface area (Å²) in [7, 11) is 2.95. The molecule has 0 aliphatic carbocycles. The zero-order chi connectivity index (χ0) is 61.0. The van der Waals surface area contributed by atoms with Crippen LogP contribution in [-0.2, 0) is 37.1 Å². The minimum absolute atomic E-state index is 0.0421. The fraction of sp³-hybridized carbons (Fsp3) is 0.417. The van der Waals surface area contributed by atoms with E-state index < -0.39 is 42.3 Å². The van der Waals surface area contributed by atoms with Crippen LogP contribution in [0.4, 0.5) is 26.7 Å². The highest BCUT2D eigenvalue weighted by Crippen LogP contribution is 2.43. The van der Waals surface area contributed by atoms with Crippen molar-refractivity contribution in [2.24, 2.45) is 10.7 Å². The monoisotopic (exact) mass is 1180 g/mol. The number of aliphatic hydroxyl groups excluding tert-OH is 1. The standard InChI is InChI=1S/C60H70N12O14/c1-36-24-41-31-63-44-28-50(48(82-3)26-42(44)56(77)69(41)32-36)84-22-9-6-10-23-85-51-29-46-43(27-49(51)83-4)57(78)70-33-37(2)25-47(70)58(79)72(46)60(81)86-35-38-14-16-39(17-15-38)65-55(76)45(12-11-20-62-59(61)80)71-34-40(66-67-71)30-64-52(73)13-7-5-8-21-68-53(74)18-19-54(68)75/h14-19,26-29,31,34,41,45,47,58,79H,1-2,5-13,20-25,30,32-33,35H2,3-4H3,(H,64,73)(H,65,76)(H3,61,62,80)/t41?,45-,47-,58-/m0/s1. The van der Waals surface area contributed by atoms with Crippen molar-refractivity contribution in [3.63, 3.8) is 0 Å². The largest absolute Gasteiger partial charge is 0.493 e. The van der Waals surface area contributed by atoms with E-state index >= 15 is 0 Å². The molecule has 3 aromatic carbocycles. The number of carbonyl (C=O) groups is 8.